The molecule has 5 nitrogen and oxygen atoms in total. The van der Waals surface area contributed by atoms with Crippen LogP contribution in [-0.4, -0.2) is 23.2 Å². The maximum absolute atomic E-state index is 5.47. The SMILES string of the molecule is CC1(C)c2ccccc2-c2c1ccc1c2nc2n1c1cccc3c1n2c1nc2ccc4c(c2n31)-c1ccccc1C4(C)C. The number of para-hydroxylation sites is 1. The summed E-state index contributed by atoms with van der Waals surface area (Å²) in [6, 6.07) is 33.4. The van der Waals surface area contributed by atoms with Crippen LogP contribution in [0.2, 0.25) is 0 Å². The molecule has 0 amide bonds. The molecule has 5 aromatic carbocycles. The first kappa shape index (κ1) is 22.4. The van der Waals surface area contributed by atoms with Gasteiger partial charge in [-0.1, -0.05) is 94.4 Å². The molecule has 0 saturated heterocycles. The first-order valence-corrected chi connectivity index (χ1v) is 15.1. The van der Waals surface area contributed by atoms with E-state index in [0.29, 0.717) is 0 Å². The molecule has 0 spiro atoms. The predicted molar refractivity (Wildman–Crippen MR) is 174 cm³/mol. The van der Waals surface area contributed by atoms with E-state index in [9.17, 15) is 0 Å². The first-order chi connectivity index (χ1) is 20.9. The van der Waals surface area contributed by atoms with Crippen molar-refractivity contribution in [2.75, 3.05) is 0 Å². The summed E-state index contributed by atoms with van der Waals surface area (Å²) in [6.07, 6.45) is 0. The number of benzene rings is 5. The smallest absolute Gasteiger partial charge is 0.223 e. The van der Waals surface area contributed by atoms with E-state index < -0.39 is 0 Å². The van der Waals surface area contributed by atoms with Crippen LogP contribution in [0.25, 0.3) is 72.4 Å². The summed E-state index contributed by atoms with van der Waals surface area (Å²) in [5.74, 6) is 1.83. The predicted octanol–water partition coefficient (Wildman–Crippen LogP) is 8.74. The quantitative estimate of drug-likeness (QED) is 0.188. The van der Waals surface area contributed by atoms with Gasteiger partial charge in [-0.2, -0.15) is 0 Å². The number of fused-ring (bicyclic) bond motifs is 18. The second kappa shape index (κ2) is 6.73. The van der Waals surface area contributed by atoms with Crippen molar-refractivity contribution in [2.24, 2.45) is 0 Å². The van der Waals surface area contributed by atoms with Crippen LogP contribution in [-0.2, 0) is 10.8 Å². The molecule has 2 aliphatic rings. The van der Waals surface area contributed by atoms with E-state index in [2.05, 4.69) is 132 Å². The maximum atomic E-state index is 5.47. The Bertz CT molecular complexity index is 2720. The third-order valence-corrected chi connectivity index (χ3v) is 10.8. The monoisotopic (exact) mass is 553 g/mol. The Balaban J connectivity index is 1.33. The second-order valence-corrected chi connectivity index (χ2v) is 13.5. The lowest BCUT2D eigenvalue weighted by atomic mass is 9.82. The molecule has 11 rings (SSSR count). The molecule has 0 aliphatic heterocycles. The molecule has 0 saturated carbocycles. The number of hydrogen-bond donors (Lipinski definition) is 0. The van der Waals surface area contributed by atoms with Crippen LogP contribution < -0.4 is 0 Å². The van der Waals surface area contributed by atoms with Crippen LogP contribution in [0.3, 0.4) is 0 Å². The molecule has 0 N–H and O–H groups in total. The van der Waals surface area contributed by atoms with Crippen LogP contribution >= 0.6 is 0 Å². The Kier molecular flexibility index (Phi) is 3.51. The Morgan fingerprint density at radius 2 is 1.07 bits per heavy atom. The van der Waals surface area contributed by atoms with Crippen LogP contribution in [0.1, 0.15) is 49.9 Å². The average molecular weight is 554 g/mol. The van der Waals surface area contributed by atoms with Crippen molar-refractivity contribution < 1.29 is 0 Å². The Labute approximate surface area is 247 Å². The van der Waals surface area contributed by atoms with E-state index in [1.165, 1.54) is 55.5 Å². The summed E-state index contributed by atoms with van der Waals surface area (Å²) in [5, 5.41) is 0. The standard InChI is InChI=1S/C38H27N5/c1-37(2)22-12-7-5-10-20(22)30-24(37)17-19-27-32(30)40-36-41(27)28-14-9-15-29-34(28)43(36)35-39-26-18-16-25-31(33(26)42(29)35)21-11-6-8-13-23(21)38(25,3)4/h5-19H,1-4H3. The molecule has 4 heterocycles. The fourth-order valence-corrected chi connectivity index (χ4v) is 8.82. The number of hydrogen-bond acceptors (Lipinski definition) is 2. The number of aromatic nitrogens is 5. The lowest BCUT2D eigenvalue weighted by Gasteiger charge is -2.21. The topological polar surface area (TPSA) is 39.0 Å². The molecule has 4 aromatic heterocycles. The largest absolute Gasteiger partial charge is 0.276 e. The minimum atomic E-state index is -0.0662. The molecule has 204 valence electrons. The van der Waals surface area contributed by atoms with Crippen molar-refractivity contribution in [2.45, 2.75) is 38.5 Å². The first-order valence-electron chi connectivity index (χ1n) is 15.1. The van der Waals surface area contributed by atoms with Crippen LogP contribution in [0.5, 0.6) is 0 Å². The Morgan fingerprint density at radius 3 is 1.81 bits per heavy atom. The minimum Gasteiger partial charge on any atom is -0.276 e. The molecule has 5 heteroatoms. The van der Waals surface area contributed by atoms with Crippen molar-refractivity contribution in [3.8, 4) is 22.3 Å². The molecule has 0 atom stereocenters. The van der Waals surface area contributed by atoms with Gasteiger partial charge in [0.25, 0.3) is 0 Å². The van der Waals surface area contributed by atoms with Crippen molar-refractivity contribution in [1.82, 2.24) is 23.2 Å². The highest BCUT2D eigenvalue weighted by Crippen LogP contribution is 2.53. The van der Waals surface area contributed by atoms with E-state index in [1.54, 1.807) is 0 Å². The summed E-state index contributed by atoms with van der Waals surface area (Å²) in [4.78, 5) is 10.8. The van der Waals surface area contributed by atoms with E-state index in [4.69, 9.17) is 9.97 Å². The molecule has 0 unspecified atom stereocenters. The highest BCUT2D eigenvalue weighted by molar-refractivity contribution is 6.09. The summed E-state index contributed by atoms with van der Waals surface area (Å²) in [5.41, 5.74) is 18.4. The third-order valence-electron chi connectivity index (χ3n) is 10.8. The highest BCUT2D eigenvalue weighted by Gasteiger charge is 2.39. The summed E-state index contributed by atoms with van der Waals surface area (Å²) in [7, 11) is 0. The van der Waals surface area contributed by atoms with Gasteiger partial charge in [-0.15, -0.1) is 0 Å². The molecule has 43 heavy (non-hydrogen) atoms. The number of rotatable bonds is 0. The number of nitrogens with zero attached hydrogens (tertiary/aromatic N) is 5. The Hall–Kier alpha value is -5.16. The van der Waals surface area contributed by atoms with Gasteiger partial charge in [0.2, 0.25) is 11.6 Å². The Morgan fingerprint density at radius 1 is 0.465 bits per heavy atom. The molecular formula is C38H27N5. The fourth-order valence-electron chi connectivity index (χ4n) is 8.82. The van der Waals surface area contributed by atoms with Crippen molar-refractivity contribution in [1.29, 1.82) is 0 Å². The van der Waals surface area contributed by atoms with Gasteiger partial charge in [0.15, 0.2) is 0 Å². The van der Waals surface area contributed by atoms with Gasteiger partial charge in [-0.25, -0.2) is 14.4 Å². The summed E-state index contributed by atoms with van der Waals surface area (Å²) >= 11 is 0. The van der Waals surface area contributed by atoms with Crippen LogP contribution in [0, 0.1) is 0 Å². The zero-order valence-corrected chi connectivity index (χ0v) is 24.4. The highest BCUT2D eigenvalue weighted by atomic mass is 15.3. The molecular weight excluding hydrogens is 526 g/mol. The second-order valence-electron chi connectivity index (χ2n) is 13.5. The summed E-state index contributed by atoms with van der Waals surface area (Å²) in [6.45, 7) is 9.34. The zero-order valence-electron chi connectivity index (χ0n) is 24.4. The van der Waals surface area contributed by atoms with Gasteiger partial charge in [-0.05, 0) is 57.6 Å². The normalized spacial score (nSPS) is 16.3. The zero-order chi connectivity index (χ0) is 28.6. The van der Waals surface area contributed by atoms with Crippen molar-refractivity contribution in [3.05, 3.63) is 113 Å². The van der Waals surface area contributed by atoms with Gasteiger partial charge in [0.1, 0.15) is 5.52 Å². The lowest BCUT2D eigenvalue weighted by molar-refractivity contribution is 0.660. The molecule has 0 bridgehead atoms. The van der Waals surface area contributed by atoms with Crippen LogP contribution in [0.4, 0.5) is 0 Å². The van der Waals surface area contributed by atoms with Gasteiger partial charge >= 0.3 is 0 Å². The van der Waals surface area contributed by atoms with E-state index >= 15 is 0 Å². The van der Waals surface area contributed by atoms with Crippen LogP contribution in [0.15, 0.2) is 91.0 Å². The van der Waals surface area contributed by atoms with Gasteiger partial charge in [-0.3, -0.25) is 8.80 Å². The van der Waals surface area contributed by atoms with E-state index in [1.807, 2.05) is 0 Å². The molecule has 0 fully saturated rings. The molecule has 0 radical (unpaired) electrons. The average Bonchev–Trinajstić information content (AvgIpc) is 3.81. The number of imidazole rings is 4. The van der Waals surface area contributed by atoms with E-state index in [0.717, 1.165) is 39.1 Å². The summed E-state index contributed by atoms with van der Waals surface area (Å²) < 4.78 is 7.02. The minimum absolute atomic E-state index is 0.0642. The maximum Gasteiger partial charge on any atom is 0.223 e. The van der Waals surface area contributed by atoms with Gasteiger partial charge < -0.3 is 0 Å². The molecule has 2 aliphatic carbocycles. The fraction of sp³-hybridized carbons (Fsp3) is 0.158. The van der Waals surface area contributed by atoms with Gasteiger partial charge in [0, 0.05) is 22.0 Å². The van der Waals surface area contributed by atoms with Crippen molar-refractivity contribution in [3.63, 3.8) is 0 Å². The lowest BCUT2D eigenvalue weighted by Crippen LogP contribution is -2.14. The third kappa shape index (κ3) is 2.25. The van der Waals surface area contributed by atoms with Gasteiger partial charge in [0.05, 0.1) is 33.1 Å². The van der Waals surface area contributed by atoms with E-state index in [-0.39, 0.29) is 10.8 Å². The molecule has 9 aromatic rings. The van der Waals surface area contributed by atoms with Crippen molar-refractivity contribution >= 4 is 50.2 Å².